The summed E-state index contributed by atoms with van der Waals surface area (Å²) in [6, 6.07) is 9.32. The molecule has 0 amide bonds. The lowest BCUT2D eigenvalue weighted by Gasteiger charge is -2.26. The van der Waals surface area contributed by atoms with E-state index in [1.165, 1.54) is 14.2 Å². The van der Waals surface area contributed by atoms with Gasteiger partial charge in [0.15, 0.2) is 12.4 Å². The molecule has 4 nitrogen and oxygen atoms in total. The summed E-state index contributed by atoms with van der Waals surface area (Å²) in [5.74, 6) is 0. The van der Waals surface area contributed by atoms with Gasteiger partial charge in [-0.05, 0) is 23.0 Å². The van der Waals surface area contributed by atoms with Crippen LogP contribution in [0.1, 0.15) is 18.4 Å². The van der Waals surface area contributed by atoms with Crippen molar-refractivity contribution in [2.75, 3.05) is 20.4 Å². The molecule has 0 fully saturated rings. The minimum atomic E-state index is -1.63. The second kappa shape index (κ2) is 7.37. The van der Waals surface area contributed by atoms with Crippen LogP contribution in [0.4, 0.5) is 0 Å². The van der Waals surface area contributed by atoms with Crippen LogP contribution in [0.15, 0.2) is 30.3 Å². The molecule has 98 valence electrons. The Morgan fingerprint density at radius 2 is 1.94 bits per heavy atom. The van der Waals surface area contributed by atoms with Gasteiger partial charge in [-0.2, -0.15) is 0 Å². The van der Waals surface area contributed by atoms with Crippen LogP contribution in [0.3, 0.4) is 0 Å². The number of carbonyl (C=O) groups excluding carboxylic acids is 1. The molecule has 5 heteroatoms. The van der Waals surface area contributed by atoms with E-state index in [1.807, 2.05) is 30.3 Å². The normalized spacial score (nSPS) is 14.9. The van der Waals surface area contributed by atoms with E-state index < -0.39 is 13.6 Å². The third kappa shape index (κ3) is 3.70. The molecule has 0 aliphatic rings. The Labute approximate surface area is 108 Å². The Balaban J connectivity index is 2.75. The number of methoxy groups -OCH3 is 1. The Hall–Kier alpha value is -1.09. The number of hydrogen-bond donors (Lipinski definition) is 0. The van der Waals surface area contributed by atoms with E-state index in [0.29, 0.717) is 19.0 Å². The SMILES string of the molecule is CO[P+](=O)CCCC(C=O)(OC)c1ccccc1. The minimum Gasteiger partial charge on any atom is -0.366 e. The van der Waals surface area contributed by atoms with Crippen LogP contribution in [-0.4, -0.2) is 26.7 Å². The van der Waals surface area contributed by atoms with Gasteiger partial charge in [0.25, 0.3) is 0 Å². The first-order valence-electron chi connectivity index (χ1n) is 5.74. The zero-order chi connectivity index (χ0) is 13.4. The lowest BCUT2D eigenvalue weighted by Crippen LogP contribution is -2.30. The number of benzene rings is 1. The van der Waals surface area contributed by atoms with Gasteiger partial charge in [0.1, 0.15) is 5.60 Å². The van der Waals surface area contributed by atoms with Gasteiger partial charge in [0.05, 0.1) is 7.11 Å². The monoisotopic (exact) mass is 269 g/mol. The molecular weight excluding hydrogens is 251 g/mol. The number of hydrogen-bond acceptors (Lipinski definition) is 4. The van der Waals surface area contributed by atoms with Crippen molar-refractivity contribution in [2.45, 2.75) is 18.4 Å². The molecule has 0 saturated heterocycles. The fraction of sp³-hybridized carbons (Fsp3) is 0.462. The molecule has 1 aromatic rings. The molecule has 1 aromatic carbocycles. The molecule has 0 aliphatic heterocycles. The molecule has 0 aliphatic carbocycles. The number of rotatable bonds is 8. The van der Waals surface area contributed by atoms with Crippen molar-refractivity contribution in [1.29, 1.82) is 0 Å². The van der Waals surface area contributed by atoms with Crippen LogP contribution in [-0.2, 0) is 24.2 Å². The van der Waals surface area contributed by atoms with Gasteiger partial charge in [0.2, 0.25) is 0 Å². The summed E-state index contributed by atoms with van der Waals surface area (Å²) in [5, 5.41) is 0. The molecule has 2 atom stereocenters. The summed E-state index contributed by atoms with van der Waals surface area (Å²) >= 11 is 0. The van der Waals surface area contributed by atoms with Crippen LogP contribution in [0.25, 0.3) is 0 Å². The first kappa shape index (κ1) is 15.0. The molecule has 0 spiro atoms. The summed E-state index contributed by atoms with van der Waals surface area (Å²) < 4.78 is 21.3. The maximum absolute atomic E-state index is 11.4. The van der Waals surface area contributed by atoms with Gasteiger partial charge in [-0.25, -0.2) is 0 Å². The summed E-state index contributed by atoms with van der Waals surface area (Å²) in [4.78, 5) is 11.4. The van der Waals surface area contributed by atoms with E-state index in [1.54, 1.807) is 0 Å². The maximum atomic E-state index is 11.4. The van der Waals surface area contributed by atoms with Crippen LogP contribution >= 0.6 is 8.03 Å². The second-order valence-electron chi connectivity index (χ2n) is 3.92. The largest absolute Gasteiger partial charge is 0.507 e. The van der Waals surface area contributed by atoms with Gasteiger partial charge in [-0.1, -0.05) is 30.3 Å². The van der Waals surface area contributed by atoms with Crippen molar-refractivity contribution < 1.29 is 18.6 Å². The van der Waals surface area contributed by atoms with Crippen molar-refractivity contribution in [3.63, 3.8) is 0 Å². The average Bonchev–Trinajstić information content (AvgIpc) is 2.44. The molecule has 2 unspecified atom stereocenters. The predicted molar refractivity (Wildman–Crippen MR) is 69.9 cm³/mol. The van der Waals surface area contributed by atoms with Crippen LogP contribution in [0.5, 0.6) is 0 Å². The summed E-state index contributed by atoms with van der Waals surface area (Å²) in [7, 11) is 1.30. The summed E-state index contributed by atoms with van der Waals surface area (Å²) in [5.41, 5.74) is -0.138. The standard InChI is InChI=1S/C13H18O4P/c1-16-13(11-14,9-6-10-18(15)17-2)12-7-4-3-5-8-12/h3-5,7-8,11H,6,9-10H2,1-2H3/q+1. The molecule has 1 rings (SSSR count). The average molecular weight is 269 g/mol. The van der Waals surface area contributed by atoms with Gasteiger partial charge in [-0.15, -0.1) is 4.52 Å². The van der Waals surface area contributed by atoms with Crippen LogP contribution < -0.4 is 0 Å². The zero-order valence-corrected chi connectivity index (χ0v) is 11.6. The summed E-state index contributed by atoms with van der Waals surface area (Å²) in [6.07, 6.45) is 2.33. The molecule has 0 saturated carbocycles. The lowest BCUT2D eigenvalue weighted by molar-refractivity contribution is -0.129. The third-order valence-corrected chi connectivity index (χ3v) is 4.00. The van der Waals surface area contributed by atoms with E-state index in [0.717, 1.165) is 11.8 Å². The highest BCUT2D eigenvalue weighted by atomic mass is 31.1. The Kier molecular flexibility index (Phi) is 6.13. The molecule has 0 radical (unpaired) electrons. The van der Waals surface area contributed by atoms with Crippen molar-refractivity contribution in [2.24, 2.45) is 0 Å². The second-order valence-corrected chi connectivity index (χ2v) is 5.40. The quantitative estimate of drug-likeness (QED) is 0.538. The number of carbonyl (C=O) groups is 1. The maximum Gasteiger partial charge on any atom is 0.507 e. The van der Waals surface area contributed by atoms with E-state index in [4.69, 9.17) is 9.26 Å². The highest BCUT2D eigenvalue weighted by Crippen LogP contribution is 2.31. The predicted octanol–water partition coefficient (Wildman–Crippen LogP) is 2.90. The van der Waals surface area contributed by atoms with Gasteiger partial charge in [-0.3, -0.25) is 4.79 Å². The van der Waals surface area contributed by atoms with E-state index >= 15 is 0 Å². The first-order chi connectivity index (χ1) is 8.68. The van der Waals surface area contributed by atoms with Crippen molar-refractivity contribution >= 4 is 14.3 Å². The fourth-order valence-electron chi connectivity index (χ4n) is 1.82. The molecule has 0 aromatic heterocycles. The van der Waals surface area contributed by atoms with Crippen molar-refractivity contribution in [3.8, 4) is 0 Å². The summed E-state index contributed by atoms with van der Waals surface area (Å²) in [6.45, 7) is 0. The Morgan fingerprint density at radius 3 is 2.44 bits per heavy atom. The van der Waals surface area contributed by atoms with E-state index in [9.17, 15) is 9.36 Å². The topological polar surface area (TPSA) is 52.6 Å². The third-order valence-electron chi connectivity index (χ3n) is 2.91. The molecule has 0 bridgehead atoms. The van der Waals surface area contributed by atoms with Crippen molar-refractivity contribution in [3.05, 3.63) is 35.9 Å². The van der Waals surface area contributed by atoms with Crippen LogP contribution in [0.2, 0.25) is 0 Å². The lowest BCUT2D eigenvalue weighted by atomic mass is 9.90. The van der Waals surface area contributed by atoms with Crippen LogP contribution in [0, 0.1) is 0 Å². The van der Waals surface area contributed by atoms with Gasteiger partial charge < -0.3 is 4.74 Å². The molecular formula is C13H18O4P+. The molecule has 18 heavy (non-hydrogen) atoms. The molecule has 0 heterocycles. The number of ether oxygens (including phenoxy) is 1. The van der Waals surface area contributed by atoms with E-state index in [-0.39, 0.29) is 0 Å². The minimum absolute atomic E-state index is 0.428. The van der Waals surface area contributed by atoms with Crippen molar-refractivity contribution in [1.82, 2.24) is 0 Å². The first-order valence-corrected chi connectivity index (χ1v) is 7.10. The highest BCUT2D eigenvalue weighted by molar-refractivity contribution is 7.39. The highest BCUT2D eigenvalue weighted by Gasteiger charge is 2.32. The number of aldehydes is 1. The van der Waals surface area contributed by atoms with E-state index in [2.05, 4.69) is 0 Å². The fourth-order valence-corrected chi connectivity index (χ4v) is 2.42. The Morgan fingerprint density at radius 1 is 1.28 bits per heavy atom. The van der Waals surface area contributed by atoms with Gasteiger partial charge >= 0.3 is 8.03 Å². The zero-order valence-electron chi connectivity index (χ0n) is 10.7. The van der Waals surface area contributed by atoms with Gasteiger partial charge in [0, 0.05) is 7.11 Å². The molecule has 0 N–H and O–H groups in total. The Bertz CT molecular complexity index is 393. The smallest absolute Gasteiger partial charge is 0.366 e.